The predicted octanol–water partition coefficient (Wildman–Crippen LogP) is 1.44. The molecule has 2 atom stereocenters. The molecule has 1 N–H and O–H groups in total. The van der Waals surface area contributed by atoms with Gasteiger partial charge in [0.25, 0.3) is 0 Å². The van der Waals surface area contributed by atoms with Crippen molar-refractivity contribution in [2.75, 3.05) is 14.2 Å². The largest absolute Gasteiger partial charge is 0.465 e. The topological polar surface area (TPSA) is 75.7 Å². The van der Waals surface area contributed by atoms with Crippen molar-refractivity contribution in [3.8, 4) is 0 Å². The Morgan fingerprint density at radius 1 is 1.36 bits per heavy atom. The van der Waals surface area contributed by atoms with Gasteiger partial charge in [0.15, 0.2) is 0 Å². The third-order valence-corrected chi connectivity index (χ3v) is 7.60. The zero-order valence-corrected chi connectivity index (χ0v) is 14.2. The second kappa shape index (κ2) is 5.92. The Morgan fingerprint density at radius 3 is 2.59 bits per heavy atom. The van der Waals surface area contributed by atoms with Gasteiger partial charge in [-0.05, 0) is 37.1 Å². The number of sulfonamides is 1. The minimum atomic E-state index is -3.68. The summed E-state index contributed by atoms with van der Waals surface area (Å²) in [6, 6.07) is 2.28. The minimum Gasteiger partial charge on any atom is -0.465 e. The molecule has 8 heteroatoms. The summed E-state index contributed by atoms with van der Waals surface area (Å²) < 4.78 is 31.9. The Hall–Kier alpha value is -0.960. The number of esters is 1. The van der Waals surface area contributed by atoms with Crippen LogP contribution in [0, 0.1) is 0 Å². The lowest BCUT2D eigenvalue weighted by atomic mass is 10.0. The summed E-state index contributed by atoms with van der Waals surface area (Å²) >= 11 is 1.09. The van der Waals surface area contributed by atoms with E-state index in [0.29, 0.717) is 12.1 Å². The van der Waals surface area contributed by atoms with Gasteiger partial charge in [-0.1, -0.05) is 0 Å². The first-order chi connectivity index (χ1) is 10.4. The Kier molecular flexibility index (Phi) is 4.28. The SMILES string of the molecule is COC(=O)c1sccc1S(=O)(=O)N(C)C1CC2CCC(C1)N2. The number of carbonyl (C=O) groups excluding carboxylic acids is 1. The number of rotatable bonds is 4. The van der Waals surface area contributed by atoms with E-state index in [1.807, 2.05) is 0 Å². The average molecular weight is 344 g/mol. The van der Waals surface area contributed by atoms with Crippen LogP contribution in [-0.2, 0) is 14.8 Å². The molecule has 2 aliphatic rings. The Balaban J connectivity index is 1.86. The first-order valence-electron chi connectivity index (χ1n) is 7.33. The van der Waals surface area contributed by atoms with Crippen LogP contribution in [0.2, 0.25) is 0 Å². The lowest BCUT2D eigenvalue weighted by Crippen LogP contribution is -2.48. The van der Waals surface area contributed by atoms with Crippen LogP contribution in [0.25, 0.3) is 0 Å². The molecule has 1 aromatic heterocycles. The van der Waals surface area contributed by atoms with Gasteiger partial charge in [-0.3, -0.25) is 0 Å². The molecule has 122 valence electrons. The summed E-state index contributed by atoms with van der Waals surface area (Å²) in [4.78, 5) is 11.9. The maximum Gasteiger partial charge on any atom is 0.349 e. The van der Waals surface area contributed by atoms with Crippen LogP contribution in [0.5, 0.6) is 0 Å². The molecule has 3 rings (SSSR count). The number of hydrogen-bond acceptors (Lipinski definition) is 6. The van der Waals surface area contributed by atoms with Crippen molar-refractivity contribution in [2.24, 2.45) is 0 Å². The van der Waals surface area contributed by atoms with Crippen molar-refractivity contribution in [1.82, 2.24) is 9.62 Å². The van der Waals surface area contributed by atoms with Crippen LogP contribution in [0.15, 0.2) is 16.3 Å². The van der Waals surface area contributed by atoms with Gasteiger partial charge in [0.2, 0.25) is 10.0 Å². The highest BCUT2D eigenvalue weighted by Gasteiger charge is 2.40. The lowest BCUT2D eigenvalue weighted by molar-refractivity contribution is 0.0602. The van der Waals surface area contributed by atoms with Gasteiger partial charge < -0.3 is 10.1 Å². The van der Waals surface area contributed by atoms with E-state index in [2.05, 4.69) is 10.1 Å². The van der Waals surface area contributed by atoms with Gasteiger partial charge in [-0.15, -0.1) is 11.3 Å². The fourth-order valence-corrected chi connectivity index (χ4v) is 6.10. The van der Waals surface area contributed by atoms with Gasteiger partial charge in [0.1, 0.15) is 9.77 Å². The molecule has 0 amide bonds. The number of ether oxygens (including phenoxy) is 1. The number of thiophene rings is 1. The number of fused-ring (bicyclic) bond motifs is 2. The zero-order chi connectivity index (χ0) is 15.9. The Bertz CT molecular complexity index is 658. The van der Waals surface area contributed by atoms with Crippen molar-refractivity contribution in [2.45, 2.75) is 48.7 Å². The average Bonchev–Trinajstić information content (AvgIpc) is 3.12. The summed E-state index contributed by atoms with van der Waals surface area (Å²) in [6.45, 7) is 0. The van der Waals surface area contributed by atoms with E-state index in [1.165, 1.54) is 17.5 Å². The third-order valence-electron chi connectivity index (χ3n) is 4.62. The molecule has 22 heavy (non-hydrogen) atoms. The van der Waals surface area contributed by atoms with Crippen molar-refractivity contribution in [1.29, 1.82) is 0 Å². The standard InChI is InChI=1S/C14H20N2O4S2/c1-16(11-7-9-3-4-10(8-11)15-9)22(18,19)12-5-6-21-13(12)14(17)20-2/h5-6,9-11,15H,3-4,7-8H2,1-2H3. The van der Waals surface area contributed by atoms with E-state index in [9.17, 15) is 13.2 Å². The maximum atomic E-state index is 12.9. The number of nitrogens with zero attached hydrogens (tertiary/aromatic N) is 1. The van der Waals surface area contributed by atoms with Crippen LogP contribution in [0.4, 0.5) is 0 Å². The van der Waals surface area contributed by atoms with E-state index in [1.54, 1.807) is 12.4 Å². The molecule has 2 saturated heterocycles. The van der Waals surface area contributed by atoms with Gasteiger partial charge in [-0.25, -0.2) is 13.2 Å². The zero-order valence-electron chi connectivity index (χ0n) is 12.6. The highest BCUT2D eigenvalue weighted by atomic mass is 32.2. The summed E-state index contributed by atoms with van der Waals surface area (Å²) in [7, 11) is -0.814. The van der Waals surface area contributed by atoms with E-state index in [0.717, 1.165) is 37.0 Å². The van der Waals surface area contributed by atoms with Crippen LogP contribution in [-0.4, -0.2) is 51.0 Å². The van der Waals surface area contributed by atoms with Gasteiger partial charge in [0.05, 0.1) is 7.11 Å². The molecule has 2 fully saturated rings. The summed E-state index contributed by atoms with van der Waals surface area (Å²) in [6.07, 6.45) is 3.87. The molecule has 0 saturated carbocycles. The van der Waals surface area contributed by atoms with Crippen LogP contribution in [0.1, 0.15) is 35.4 Å². The molecular formula is C14H20N2O4S2. The van der Waals surface area contributed by atoms with Crippen molar-refractivity contribution in [3.05, 3.63) is 16.3 Å². The van der Waals surface area contributed by atoms with Gasteiger partial charge in [0, 0.05) is 25.2 Å². The van der Waals surface area contributed by atoms with Gasteiger partial charge >= 0.3 is 5.97 Å². The smallest absolute Gasteiger partial charge is 0.349 e. The normalized spacial score (nSPS) is 28.0. The first-order valence-corrected chi connectivity index (χ1v) is 9.65. The molecule has 2 bridgehead atoms. The number of hydrogen-bond donors (Lipinski definition) is 1. The van der Waals surface area contributed by atoms with Crippen molar-refractivity contribution >= 4 is 27.3 Å². The molecule has 0 radical (unpaired) electrons. The second-order valence-electron chi connectivity index (χ2n) is 5.89. The fraction of sp³-hybridized carbons (Fsp3) is 0.643. The molecule has 6 nitrogen and oxygen atoms in total. The Labute approximate surface area is 134 Å². The van der Waals surface area contributed by atoms with Crippen molar-refractivity contribution < 1.29 is 17.9 Å². The highest BCUT2D eigenvalue weighted by molar-refractivity contribution is 7.89. The molecular weight excluding hydrogens is 324 g/mol. The summed E-state index contributed by atoms with van der Waals surface area (Å²) in [5.41, 5.74) is 0. The maximum absolute atomic E-state index is 12.9. The lowest BCUT2D eigenvalue weighted by Gasteiger charge is -2.34. The second-order valence-corrected chi connectivity index (χ2v) is 8.77. The molecule has 0 aromatic carbocycles. The predicted molar refractivity (Wildman–Crippen MR) is 83.6 cm³/mol. The van der Waals surface area contributed by atoms with Crippen LogP contribution < -0.4 is 5.32 Å². The van der Waals surface area contributed by atoms with E-state index >= 15 is 0 Å². The van der Waals surface area contributed by atoms with E-state index in [4.69, 9.17) is 0 Å². The quantitative estimate of drug-likeness (QED) is 0.837. The number of nitrogens with one attached hydrogen (secondary N) is 1. The third kappa shape index (κ3) is 2.68. The molecule has 2 aliphatic heterocycles. The van der Waals surface area contributed by atoms with E-state index < -0.39 is 16.0 Å². The first kappa shape index (κ1) is 15.9. The number of carbonyl (C=O) groups is 1. The number of piperidine rings is 1. The highest BCUT2D eigenvalue weighted by Crippen LogP contribution is 2.33. The molecule has 2 unspecified atom stereocenters. The summed E-state index contributed by atoms with van der Waals surface area (Å²) in [5.74, 6) is -0.604. The van der Waals surface area contributed by atoms with E-state index in [-0.39, 0.29) is 15.8 Å². The number of methoxy groups -OCH3 is 1. The summed E-state index contributed by atoms with van der Waals surface area (Å²) in [5, 5.41) is 5.12. The van der Waals surface area contributed by atoms with Crippen LogP contribution >= 0.6 is 11.3 Å². The fourth-order valence-electron chi connectivity index (χ4n) is 3.42. The molecule has 1 aromatic rings. The molecule has 0 spiro atoms. The molecule has 0 aliphatic carbocycles. The van der Waals surface area contributed by atoms with Crippen LogP contribution in [0.3, 0.4) is 0 Å². The minimum absolute atomic E-state index is 0.0193. The Morgan fingerprint density at radius 2 is 2.00 bits per heavy atom. The molecule has 3 heterocycles. The van der Waals surface area contributed by atoms with Crippen molar-refractivity contribution in [3.63, 3.8) is 0 Å². The monoisotopic (exact) mass is 344 g/mol. The van der Waals surface area contributed by atoms with Gasteiger partial charge in [-0.2, -0.15) is 4.31 Å².